The molecule has 2 nitrogen and oxygen atoms in total. The molecule has 1 aromatic carbocycles. The van der Waals surface area contributed by atoms with E-state index in [1.165, 1.54) is 12.8 Å². The van der Waals surface area contributed by atoms with Crippen LogP contribution in [0.2, 0.25) is 5.02 Å². The first kappa shape index (κ1) is 11.2. The Labute approximate surface area is 103 Å². The Hall–Kier alpha value is -0.250. The van der Waals surface area contributed by atoms with Crippen LogP contribution in [0.25, 0.3) is 0 Å². The van der Waals surface area contributed by atoms with Crippen LogP contribution in [-0.4, -0.2) is 19.2 Å². The zero-order valence-electron chi connectivity index (χ0n) is 8.30. The van der Waals surface area contributed by atoms with Gasteiger partial charge in [-0.05, 0) is 53.5 Å². The third kappa shape index (κ3) is 3.10. The van der Waals surface area contributed by atoms with Crippen LogP contribution < -0.4 is 10.1 Å². The van der Waals surface area contributed by atoms with Crippen LogP contribution >= 0.6 is 27.5 Å². The summed E-state index contributed by atoms with van der Waals surface area (Å²) in [6.45, 7) is 1.83. The molecular formula is C11H13BrClNO. The molecule has 0 saturated carbocycles. The van der Waals surface area contributed by atoms with Crippen LogP contribution in [0.15, 0.2) is 22.7 Å². The highest BCUT2D eigenvalue weighted by Gasteiger charge is 2.14. The highest BCUT2D eigenvalue weighted by atomic mass is 79.9. The predicted molar refractivity (Wildman–Crippen MR) is 65.7 cm³/mol. The summed E-state index contributed by atoms with van der Waals surface area (Å²) < 4.78 is 6.62. The number of hydrogen-bond donors (Lipinski definition) is 1. The highest BCUT2D eigenvalue weighted by Crippen LogP contribution is 2.28. The van der Waals surface area contributed by atoms with Gasteiger partial charge in [-0.25, -0.2) is 0 Å². The van der Waals surface area contributed by atoms with Gasteiger partial charge in [-0.1, -0.05) is 11.6 Å². The van der Waals surface area contributed by atoms with Crippen LogP contribution in [0.5, 0.6) is 5.75 Å². The molecule has 0 aliphatic carbocycles. The zero-order chi connectivity index (χ0) is 10.7. The fourth-order valence-electron chi connectivity index (χ4n) is 1.68. The van der Waals surface area contributed by atoms with Gasteiger partial charge in [0.25, 0.3) is 0 Å². The largest absolute Gasteiger partial charge is 0.491 e. The van der Waals surface area contributed by atoms with Gasteiger partial charge in [0.15, 0.2) is 0 Å². The van der Waals surface area contributed by atoms with E-state index in [2.05, 4.69) is 21.2 Å². The summed E-state index contributed by atoms with van der Waals surface area (Å²) in [6.07, 6.45) is 2.45. The second-order valence-corrected chi connectivity index (χ2v) is 4.97. The zero-order valence-corrected chi connectivity index (χ0v) is 10.6. The van der Waals surface area contributed by atoms with Crippen molar-refractivity contribution >= 4 is 27.5 Å². The molecule has 0 amide bonds. The Morgan fingerprint density at radius 3 is 3.07 bits per heavy atom. The fourth-order valence-corrected chi connectivity index (χ4v) is 2.48. The van der Waals surface area contributed by atoms with Gasteiger partial charge in [-0.15, -0.1) is 0 Å². The maximum absolute atomic E-state index is 5.85. The molecule has 1 N–H and O–H groups in total. The van der Waals surface area contributed by atoms with Crippen molar-refractivity contribution in [3.05, 3.63) is 27.7 Å². The van der Waals surface area contributed by atoms with Crippen molar-refractivity contribution in [2.75, 3.05) is 13.2 Å². The van der Waals surface area contributed by atoms with E-state index >= 15 is 0 Å². The van der Waals surface area contributed by atoms with Gasteiger partial charge in [-0.2, -0.15) is 0 Å². The van der Waals surface area contributed by atoms with E-state index in [9.17, 15) is 0 Å². The van der Waals surface area contributed by atoms with Crippen molar-refractivity contribution < 1.29 is 4.74 Å². The molecular weight excluding hydrogens is 277 g/mol. The summed E-state index contributed by atoms with van der Waals surface area (Å²) in [5.41, 5.74) is 0. The quantitative estimate of drug-likeness (QED) is 0.923. The Morgan fingerprint density at radius 1 is 1.53 bits per heavy atom. The van der Waals surface area contributed by atoms with E-state index in [1.54, 1.807) is 0 Å². The Kier molecular flexibility index (Phi) is 3.89. The summed E-state index contributed by atoms with van der Waals surface area (Å²) in [7, 11) is 0. The Balaban J connectivity index is 1.92. The van der Waals surface area contributed by atoms with Crippen LogP contribution in [-0.2, 0) is 0 Å². The van der Waals surface area contributed by atoms with Crippen LogP contribution in [0.3, 0.4) is 0 Å². The molecule has 1 aliphatic heterocycles. The summed E-state index contributed by atoms with van der Waals surface area (Å²) in [5, 5.41) is 4.11. The lowest BCUT2D eigenvalue weighted by Gasteiger charge is -2.13. The number of halogens is 2. The second-order valence-electron chi connectivity index (χ2n) is 3.68. The van der Waals surface area contributed by atoms with Crippen molar-refractivity contribution in [2.24, 2.45) is 0 Å². The first-order chi connectivity index (χ1) is 7.25. The standard InChI is InChI=1S/C11H13BrClNO/c12-10-6-8(13)3-4-11(10)15-7-9-2-1-5-14-9/h3-4,6,9,14H,1-2,5,7H2/t9-/m1/s1. The average Bonchev–Trinajstić information content (AvgIpc) is 2.69. The third-order valence-electron chi connectivity index (χ3n) is 2.50. The normalized spacial score (nSPS) is 20.5. The molecule has 0 spiro atoms. The lowest BCUT2D eigenvalue weighted by molar-refractivity contribution is 0.275. The summed E-state index contributed by atoms with van der Waals surface area (Å²) in [5.74, 6) is 0.855. The van der Waals surface area contributed by atoms with Crippen molar-refractivity contribution in [2.45, 2.75) is 18.9 Å². The summed E-state index contributed by atoms with van der Waals surface area (Å²) >= 11 is 9.27. The first-order valence-electron chi connectivity index (χ1n) is 5.07. The van der Waals surface area contributed by atoms with Gasteiger partial charge < -0.3 is 10.1 Å². The van der Waals surface area contributed by atoms with Crippen LogP contribution in [0.4, 0.5) is 0 Å². The van der Waals surface area contributed by atoms with Gasteiger partial charge >= 0.3 is 0 Å². The molecule has 82 valence electrons. The Bertz CT molecular complexity index is 339. The van der Waals surface area contributed by atoms with Gasteiger partial charge in [0.1, 0.15) is 12.4 Å². The average molecular weight is 291 g/mol. The molecule has 0 radical (unpaired) electrons. The number of nitrogens with one attached hydrogen (secondary N) is 1. The lowest BCUT2D eigenvalue weighted by Crippen LogP contribution is -2.28. The van der Waals surface area contributed by atoms with Crippen molar-refractivity contribution in [1.29, 1.82) is 0 Å². The van der Waals surface area contributed by atoms with Crippen LogP contribution in [0, 0.1) is 0 Å². The number of hydrogen-bond acceptors (Lipinski definition) is 2. The number of ether oxygens (including phenoxy) is 1. The van der Waals surface area contributed by atoms with E-state index in [0.29, 0.717) is 11.1 Å². The molecule has 1 aliphatic rings. The lowest BCUT2D eigenvalue weighted by atomic mass is 10.2. The topological polar surface area (TPSA) is 21.3 Å². The molecule has 1 aromatic rings. The third-order valence-corrected chi connectivity index (χ3v) is 3.35. The van der Waals surface area contributed by atoms with Gasteiger partial charge in [-0.3, -0.25) is 0 Å². The summed E-state index contributed by atoms with van der Waals surface area (Å²) in [6, 6.07) is 6.07. The number of rotatable bonds is 3. The van der Waals surface area contributed by atoms with E-state index in [1.807, 2.05) is 18.2 Å². The molecule has 0 unspecified atom stereocenters. The van der Waals surface area contributed by atoms with Gasteiger partial charge in [0.05, 0.1) is 4.47 Å². The minimum atomic E-state index is 0.493. The molecule has 0 aromatic heterocycles. The molecule has 1 heterocycles. The summed E-state index contributed by atoms with van der Waals surface area (Å²) in [4.78, 5) is 0. The molecule has 0 bridgehead atoms. The maximum atomic E-state index is 5.85. The van der Waals surface area contributed by atoms with Gasteiger partial charge in [0, 0.05) is 11.1 Å². The van der Waals surface area contributed by atoms with Gasteiger partial charge in [0.2, 0.25) is 0 Å². The Morgan fingerprint density at radius 2 is 2.40 bits per heavy atom. The smallest absolute Gasteiger partial charge is 0.133 e. The maximum Gasteiger partial charge on any atom is 0.133 e. The molecule has 15 heavy (non-hydrogen) atoms. The predicted octanol–water partition coefficient (Wildman–Crippen LogP) is 3.23. The monoisotopic (exact) mass is 289 g/mol. The number of benzene rings is 1. The molecule has 1 saturated heterocycles. The fraction of sp³-hybridized carbons (Fsp3) is 0.455. The van der Waals surface area contributed by atoms with E-state index in [0.717, 1.165) is 23.4 Å². The van der Waals surface area contributed by atoms with Crippen molar-refractivity contribution in [1.82, 2.24) is 5.32 Å². The molecule has 4 heteroatoms. The second kappa shape index (κ2) is 5.19. The minimum absolute atomic E-state index is 0.493. The van der Waals surface area contributed by atoms with E-state index < -0.39 is 0 Å². The minimum Gasteiger partial charge on any atom is -0.491 e. The van der Waals surface area contributed by atoms with Crippen LogP contribution in [0.1, 0.15) is 12.8 Å². The van der Waals surface area contributed by atoms with Crippen molar-refractivity contribution in [3.8, 4) is 5.75 Å². The molecule has 1 fully saturated rings. The molecule has 2 rings (SSSR count). The SMILES string of the molecule is Clc1ccc(OC[C@H]2CCCN2)c(Br)c1. The highest BCUT2D eigenvalue weighted by molar-refractivity contribution is 9.10. The molecule has 1 atom stereocenters. The van der Waals surface area contributed by atoms with Crippen molar-refractivity contribution in [3.63, 3.8) is 0 Å². The van der Waals surface area contributed by atoms with E-state index in [-0.39, 0.29) is 0 Å². The first-order valence-corrected chi connectivity index (χ1v) is 6.24. The van der Waals surface area contributed by atoms with E-state index in [4.69, 9.17) is 16.3 Å².